The summed E-state index contributed by atoms with van der Waals surface area (Å²) >= 11 is 0. The Hall–Kier alpha value is -2.25. The van der Waals surface area contributed by atoms with Crippen LogP contribution in [0.5, 0.6) is 0 Å². The van der Waals surface area contributed by atoms with Crippen LogP contribution >= 0.6 is 0 Å². The number of benzene rings is 1. The standard InChI is InChI=1S/C20H24N4O3/c25-18-6-5-17(19(26)22-18)24-11-13-9-12(1-2-14(13)20(24)27)10-23-8-7-21-15-3-4-16(15)23/h1-2,9,15-17,21H,3-8,10-11H2,(H,22,25,26)/t15-,16-,17?/m1/s1. The van der Waals surface area contributed by atoms with Crippen molar-refractivity contribution < 1.29 is 14.4 Å². The highest BCUT2D eigenvalue weighted by atomic mass is 16.2. The molecule has 1 aliphatic carbocycles. The van der Waals surface area contributed by atoms with Crippen molar-refractivity contribution in [2.45, 2.75) is 56.9 Å². The SMILES string of the molecule is O=C1CCC(N2Cc3cc(CN4CCN[C@@H]5CC[C@H]54)ccc3C2=O)C(=O)N1. The average Bonchev–Trinajstić information content (AvgIpc) is 2.93. The molecule has 0 spiro atoms. The molecule has 3 amide bonds. The second-order valence-electron chi connectivity index (χ2n) is 8.07. The van der Waals surface area contributed by atoms with Gasteiger partial charge in [0.05, 0.1) is 0 Å². The van der Waals surface area contributed by atoms with Gasteiger partial charge in [-0.2, -0.15) is 0 Å². The molecule has 27 heavy (non-hydrogen) atoms. The molecule has 4 aliphatic rings. The number of nitrogens with zero attached hydrogens (tertiary/aromatic N) is 2. The van der Waals surface area contributed by atoms with Gasteiger partial charge in [-0.3, -0.25) is 24.6 Å². The molecular weight excluding hydrogens is 344 g/mol. The topological polar surface area (TPSA) is 81.8 Å². The van der Waals surface area contributed by atoms with Gasteiger partial charge in [-0.05, 0) is 36.5 Å². The van der Waals surface area contributed by atoms with Crippen molar-refractivity contribution in [1.82, 2.24) is 20.4 Å². The monoisotopic (exact) mass is 368 g/mol. The Bertz CT molecular complexity index is 823. The maximum Gasteiger partial charge on any atom is 0.255 e. The van der Waals surface area contributed by atoms with Crippen molar-refractivity contribution in [1.29, 1.82) is 0 Å². The van der Waals surface area contributed by atoms with Crippen LogP contribution in [-0.4, -0.2) is 58.7 Å². The number of nitrogens with one attached hydrogen (secondary N) is 2. The smallest absolute Gasteiger partial charge is 0.255 e. The van der Waals surface area contributed by atoms with E-state index < -0.39 is 6.04 Å². The summed E-state index contributed by atoms with van der Waals surface area (Å²) in [7, 11) is 0. The van der Waals surface area contributed by atoms with E-state index >= 15 is 0 Å². The first-order chi connectivity index (χ1) is 13.1. The summed E-state index contributed by atoms with van der Waals surface area (Å²) in [4.78, 5) is 40.5. The molecule has 2 saturated heterocycles. The van der Waals surface area contributed by atoms with Gasteiger partial charge in [-0.1, -0.05) is 12.1 Å². The Balaban J connectivity index is 1.32. The van der Waals surface area contributed by atoms with Crippen LogP contribution in [0, 0.1) is 0 Å². The molecule has 5 rings (SSSR count). The van der Waals surface area contributed by atoms with Gasteiger partial charge in [0, 0.05) is 50.2 Å². The second kappa shape index (κ2) is 6.42. The van der Waals surface area contributed by atoms with Gasteiger partial charge in [-0.15, -0.1) is 0 Å². The van der Waals surface area contributed by atoms with Crippen molar-refractivity contribution in [3.63, 3.8) is 0 Å². The molecule has 0 aromatic heterocycles. The van der Waals surface area contributed by atoms with E-state index in [4.69, 9.17) is 0 Å². The lowest BCUT2D eigenvalue weighted by molar-refractivity contribution is -0.136. The van der Waals surface area contributed by atoms with Gasteiger partial charge in [-0.25, -0.2) is 0 Å². The molecule has 7 nitrogen and oxygen atoms in total. The maximum atomic E-state index is 12.8. The summed E-state index contributed by atoms with van der Waals surface area (Å²) in [6.07, 6.45) is 3.21. The normalized spacial score (nSPS) is 30.6. The lowest BCUT2D eigenvalue weighted by Crippen LogP contribution is -2.62. The largest absolute Gasteiger partial charge is 0.322 e. The molecule has 1 aromatic carbocycles. The fourth-order valence-electron chi connectivity index (χ4n) is 4.87. The molecule has 3 atom stereocenters. The number of carbonyl (C=O) groups excluding carboxylic acids is 3. The molecule has 3 fully saturated rings. The van der Waals surface area contributed by atoms with Gasteiger partial charge in [0.1, 0.15) is 6.04 Å². The molecule has 3 aliphatic heterocycles. The van der Waals surface area contributed by atoms with Crippen molar-refractivity contribution in [3.05, 3.63) is 34.9 Å². The first-order valence-electron chi connectivity index (χ1n) is 9.84. The molecular formula is C20H24N4O3. The summed E-state index contributed by atoms with van der Waals surface area (Å²) in [5, 5.41) is 5.93. The van der Waals surface area contributed by atoms with Crippen molar-refractivity contribution in [3.8, 4) is 0 Å². The van der Waals surface area contributed by atoms with Crippen LogP contribution in [0.15, 0.2) is 18.2 Å². The average molecular weight is 368 g/mol. The van der Waals surface area contributed by atoms with Gasteiger partial charge in [0.25, 0.3) is 5.91 Å². The van der Waals surface area contributed by atoms with E-state index in [0.717, 1.165) is 25.2 Å². The Morgan fingerprint density at radius 1 is 1.11 bits per heavy atom. The zero-order valence-electron chi connectivity index (χ0n) is 15.2. The lowest BCUT2D eigenvalue weighted by atomic mass is 9.83. The first kappa shape index (κ1) is 16.9. The van der Waals surface area contributed by atoms with Gasteiger partial charge >= 0.3 is 0 Å². The summed E-state index contributed by atoms with van der Waals surface area (Å²) in [6, 6.07) is 6.79. The fraction of sp³-hybridized carbons (Fsp3) is 0.550. The molecule has 7 heteroatoms. The third-order valence-corrected chi connectivity index (χ3v) is 6.49. The number of amides is 3. The lowest BCUT2D eigenvalue weighted by Gasteiger charge is -2.49. The van der Waals surface area contributed by atoms with E-state index in [1.165, 1.54) is 18.4 Å². The number of hydrogen-bond donors (Lipinski definition) is 2. The molecule has 0 radical (unpaired) electrons. The van der Waals surface area contributed by atoms with Crippen LogP contribution in [0.25, 0.3) is 0 Å². The van der Waals surface area contributed by atoms with Crippen molar-refractivity contribution in [2.75, 3.05) is 13.1 Å². The summed E-state index contributed by atoms with van der Waals surface area (Å²) in [6.45, 7) is 3.44. The van der Waals surface area contributed by atoms with Crippen LogP contribution in [0.1, 0.15) is 47.2 Å². The maximum absolute atomic E-state index is 12.8. The van der Waals surface area contributed by atoms with E-state index in [1.807, 2.05) is 12.1 Å². The van der Waals surface area contributed by atoms with Crippen LogP contribution in [0.3, 0.4) is 0 Å². The minimum absolute atomic E-state index is 0.104. The Labute approximate surface area is 158 Å². The highest BCUT2D eigenvalue weighted by Gasteiger charge is 2.40. The van der Waals surface area contributed by atoms with Crippen LogP contribution in [0.4, 0.5) is 0 Å². The summed E-state index contributed by atoms with van der Waals surface area (Å²) < 4.78 is 0. The molecule has 1 saturated carbocycles. The number of hydrogen-bond acceptors (Lipinski definition) is 5. The Morgan fingerprint density at radius 2 is 2.00 bits per heavy atom. The highest BCUT2D eigenvalue weighted by molar-refractivity contribution is 6.05. The summed E-state index contributed by atoms with van der Waals surface area (Å²) in [5.74, 6) is -0.718. The van der Waals surface area contributed by atoms with E-state index in [2.05, 4.69) is 21.6 Å². The third-order valence-electron chi connectivity index (χ3n) is 6.49. The first-order valence-corrected chi connectivity index (χ1v) is 9.84. The third kappa shape index (κ3) is 2.85. The van der Waals surface area contributed by atoms with Crippen LogP contribution < -0.4 is 10.6 Å². The predicted octanol–water partition coefficient (Wildman–Crippen LogP) is 0.384. The van der Waals surface area contributed by atoms with Gasteiger partial charge in [0.15, 0.2) is 0 Å². The number of piperidine rings is 1. The predicted molar refractivity (Wildman–Crippen MR) is 97.7 cm³/mol. The van der Waals surface area contributed by atoms with E-state index in [-0.39, 0.29) is 24.1 Å². The molecule has 142 valence electrons. The number of carbonyl (C=O) groups is 3. The fourth-order valence-corrected chi connectivity index (χ4v) is 4.87. The number of imide groups is 1. The van der Waals surface area contributed by atoms with E-state index in [1.54, 1.807) is 4.90 Å². The highest BCUT2D eigenvalue weighted by Crippen LogP contribution is 2.31. The Kier molecular flexibility index (Phi) is 4.02. The molecule has 1 aromatic rings. The van der Waals surface area contributed by atoms with Crippen LogP contribution in [0.2, 0.25) is 0 Å². The molecule has 0 bridgehead atoms. The molecule has 3 heterocycles. The van der Waals surface area contributed by atoms with E-state index in [0.29, 0.717) is 30.6 Å². The molecule has 1 unspecified atom stereocenters. The van der Waals surface area contributed by atoms with Gasteiger partial charge < -0.3 is 10.2 Å². The number of piperazine rings is 1. The number of fused-ring (bicyclic) bond motifs is 2. The zero-order valence-corrected chi connectivity index (χ0v) is 15.2. The molecule has 2 N–H and O–H groups in total. The quantitative estimate of drug-likeness (QED) is 0.754. The number of rotatable bonds is 3. The van der Waals surface area contributed by atoms with Crippen LogP contribution in [-0.2, 0) is 22.7 Å². The summed E-state index contributed by atoms with van der Waals surface area (Å²) in [5.41, 5.74) is 2.90. The zero-order chi connectivity index (χ0) is 18.5. The van der Waals surface area contributed by atoms with Crippen molar-refractivity contribution in [2.24, 2.45) is 0 Å². The van der Waals surface area contributed by atoms with Gasteiger partial charge in [0.2, 0.25) is 11.8 Å². The Morgan fingerprint density at radius 3 is 2.78 bits per heavy atom. The second-order valence-corrected chi connectivity index (χ2v) is 8.07. The van der Waals surface area contributed by atoms with Crippen molar-refractivity contribution >= 4 is 17.7 Å². The minimum atomic E-state index is -0.546. The van der Waals surface area contributed by atoms with E-state index in [9.17, 15) is 14.4 Å². The minimum Gasteiger partial charge on any atom is -0.322 e.